The Balaban J connectivity index is 2.13. The van der Waals surface area contributed by atoms with Gasteiger partial charge in [0.2, 0.25) is 0 Å². The van der Waals surface area contributed by atoms with Gasteiger partial charge in [-0.3, -0.25) is 0 Å². The van der Waals surface area contributed by atoms with Crippen molar-refractivity contribution in [3.8, 4) is 11.4 Å². The van der Waals surface area contributed by atoms with E-state index in [9.17, 15) is 0 Å². The van der Waals surface area contributed by atoms with E-state index in [2.05, 4.69) is 15.0 Å². The molecule has 0 atom stereocenters. The fourth-order valence-electron chi connectivity index (χ4n) is 1.93. The van der Waals surface area contributed by atoms with Crippen molar-refractivity contribution in [3.63, 3.8) is 0 Å². The second-order valence-corrected chi connectivity index (χ2v) is 4.51. The summed E-state index contributed by atoms with van der Waals surface area (Å²) >= 11 is 5.84. The molecule has 0 bridgehead atoms. The number of rotatable bonds is 2. The zero-order valence-corrected chi connectivity index (χ0v) is 10.7. The molecule has 3 nitrogen and oxygen atoms in total. The van der Waals surface area contributed by atoms with Crippen molar-refractivity contribution < 1.29 is 0 Å². The number of alkyl halides is 1. The van der Waals surface area contributed by atoms with Gasteiger partial charge < -0.3 is 4.98 Å². The summed E-state index contributed by atoms with van der Waals surface area (Å²) < 4.78 is 0. The highest BCUT2D eigenvalue weighted by molar-refractivity contribution is 6.17. The zero-order valence-electron chi connectivity index (χ0n) is 9.94. The van der Waals surface area contributed by atoms with Crippen LogP contribution in [0.1, 0.15) is 11.3 Å². The third kappa shape index (κ3) is 1.97. The first-order valence-corrected chi connectivity index (χ1v) is 6.28. The van der Waals surface area contributed by atoms with Gasteiger partial charge in [0.25, 0.3) is 0 Å². The lowest BCUT2D eigenvalue weighted by molar-refractivity contribution is 1.22. The molecule has 1 aromatic carbocycles. The number of halogens is 1. The van der Waals surface area contributed by atoms with Crippen LogP contribution in [0.15, 0.2) is 36.4 Å². The molecule has 0 fully saturated rings. The standard InChI is InChI=1S/C14H12ClN3/c1-9-5-6-12-14(16-9)18-13(17-12)11-4-2-3-10(7-11)8-15/h2-7H,8H2,1H3,(H,16,17,18). The normalized spacial score (nSPS) is 11.0. The molecule has 1 N–H and O–H groups in total. The molecular weight excluding hydrogens is 246 g/mol. The van der Waals surface area contributed by atoms with Crippen LogP contribution in [0, 0.1) is 6.92 Å². The van der Waals surface area contributed by atoms with Crippen molar-refractivity contribution in [1.82, 2.24) is 15.0 Å². The molecule has 0 amide bonds. The number of aromatic nitrogens is 3. The van der Waals surface area contributed by atoms with Crippen molar-refractivity contribution in [2.24, 2.45) is 0 Å². The van der Waals surface area contributed by atoms with Gasteiger partial charge in [-0.15, -0.1) is 11.6 Å². The van der Waals surface area contributed by atoms with Gasteiger partial charge in [-0.2, -0.15) is 0 Å². The number of hydrogen-bond acceptors (Lipinski definition) is 2. The van der Waals surface area contributed by atoms with Crippen LogP contribution in [-0.2, 0) is 5.88 Å². The lowest BCUT2D eigenvalue weighted by Crippen LogP contribution is -1.83. The van der Waals surface area contributed by atoms with Gasteiger partial charge in [-0.25, -0.2) is 9.97 Å². The molecule has 2 heterocycles. The molecular formula is C14H12ClN3. The summed E-state index contributed by atoms with van der Waals surface area (Å²) in [6.45, 7) is 1.96. The molecule has 18 heavy (non-hydrogen) atoms. The molecule has 2 aromatic heterocycles. The number of pyridine rings is 1. The second kappa shape index (κ2) is 4.42. The predicted molar refractivity (Wildman–Crippen MR) is 73.6 cm³/mol. The topological polar surface area (TPSA) is 41.6 Å². The van der Waals surface area contributed by atoms with E-state index in [0.29, 0.717) is 5.88 Å². The minimum absolute atomic E-state index is 0.505. The van der Waals surface area contributed by atoms with Crippen LogP contribution in [0.25, 0.3) is 22.6 Å². The van der Waals surface area contributed by atoms with Crippen molar-refractivity contribution in [2.45, 2.75) is 12.8 Å². The molecule has 0 aliphatic heterocycles. The van der Waals surface area contributed by atoms with Gasteiger partial charge >= 0.3 is 0 Å². The Morgan fingerprint density at radius 3 is 2.89 bits per heavy atom. The lowest BCUT2D eigenvalue weighted by atomic mass is 10.1. The van der Waals surface area contributed by atoms with Gasteiger partial charge in [-0.1, -0.05) is 18.2 Å². The van der Waals surface area contributed by atoms with E-state index < -0.39 is 0 Å². The molecule has 0 aliphatic rings. The Hall–Kier alpha value is -1.87. The zero-order chi connectivity index (χ0) is 12.5. The fourth-order valence-corrected chi connectivity index (χ4v) is 2.09. The largest absolute Gasteiger partial charge is 0.337 e. The summed E-state index contributed by atoms with van der Waals surface area (Å²) in [6.07, 6.45) is 0. The van der Waals surface area contributed by atoms with Crippen molar-refractivity contribution in [3.05, 3.63) is 47.7 Å². The van der Waals surface area contributed by atoms with Crippen LogP contribution >= 0.6 is 11.6 Å². The number of aryl methyl sites for hydroxylation is 1. The second-order valence-electron chi connectivity index (χ2n) is 4.24. The first-order valence-electron chi connectivity index (χ1n) is 5.75. The highest BCUT2D eigenvalue weighted by atomic mass is 35.5. The number of imidazole rings is 1. The Morgan fingerprint density at radius 2 is 2.06 bits per heavy atom. The van der Waals surface area contributed by atoms with E-state index in [1.807, 2.05) is 43.3 Å². The fraction of sp³-hybridized carbons (Fsp3) is 0.143. The number of aromatic amines is 1. The molecule has 0 saturated heterocycles. The predicted octanol–water partition coefficient (Wildman–Crippen LogP) is 3.67. The number of hydrogen-bond donors (Lipinski definition) is 1. The minimum atomic E-state index is 0.505. The van der Waals surface area contributed by atoms with E-state index in [-0.39, 0.29) is 0 Å². The number of benzene rings is 1. The SMILES string of the molecule is Cc1ccc2[nH]c(-c3cccc(CCl)c3)nc2n1. The van der Waals surface area contributed by atoms with E-state index >= 15 is 0 Å². The van der Waals surface area contributed by atoms with E-state index in [1.54, 1.807) is 0 Å². The summed E-state index contributed by atoms with van der Waals surface area (Å²) in [6, 6.07) is 12.0. The highest BCUT2D eigenvalue weighted by Crippen LogP contribution is 2.21. The van der Waals surface area contributed by atoms with Gasteiger partial charge in [0.15, 0.2) is 5.65 Å². The Morgan fingerprint density at radius 1 is 1.17 bits per heavy atom. The summed E-state index contributed by atoms with van der Waals surface area (Å²) in [5, 5.41) is 0. The quantitative estimate of drug-likeness (QED) is 0.712. The van der Waals surface area contributed by atoms with Crippen LogP contribution in [0.5, 0.6) is 0 Å². The third-order valence-corrected chi connectivity index (χ3v) is 3.15. The molecule has 90 valence electrons. The summed E-state index contributed by atoms with van der Waals surface area (Å²) in [7, 11) is 0. The molecule has 3 aromatic rings. The first-order chi connectivity index (χ1) is 8.76. The molecule has 0 aliphatic carbocycles. The van der Waals surface area contributed by atoms with E-state index in [0.717, 1.165) is 33.8 Å². The minimum Gasteiger partial charge on any atom is -0.337 e. The maximum absolute atomic E-state index is 5.84. The first kappa shape index (κ1) is 11.2. The monoisotopic (exact) mass is 257 g/mol. The van der Waals surface area contributed by atoms with Gasteiger partial charge in [0.1, 0.15) is 5.82 Å². The van der Waals surface area contributed by atoms with Gasteiger partial charge in [-0.05, 0) is 30.7 Å². The lowest BCUT2D eigenvalue weighted by Gasteiger charge is -1.98. The van der Waals surface area contributed by atoms with E-state index in [4.69, 9.17) is 11.6 Å². The smallest absolute Gasteiger partial charge is 0.178 e. The van der Waals surface area contributed by atoms with Crippen LogP contribution in [0.2, 0.25) is 0 Å². The number of fused-ring (bicyclic) bond motifs is 1. The van der Waals surface area contributed by atoms with E-state index in [1.165, 1.54) is 0 Å². The Bertz CT molecular complexity index is 703. The van der Waals surface area contributed by atoms with Crippen molar-refractivity contribution in [2.75, 3.05) is 0 Å². The molecule has 3 rings (SSSR count). The Kier molecular flexibility index (Phi) is 2.76. The van der Waals surface area contributed by atoms with Crippen molar-refractivity contribution >= 4 is 22.8 Å². The van der Waals surface area contributed by atoms with Gasteiger partial charge in [0, 0.05) is 17.1 Å². The third-order valence-electron chi connectivity index (χ3n) is 2.84. The molecule has 0 unspecified atom stereocenters. The van der Waals surface area contributed by atoms with Crippen LogP contribution < -0.4 is 0 Å². The molecule has 0 spiro atoms. The van der Waals surface area contributed by atoms with Crippen molar-refractivity contribution in [1.29, 1.82) is 0 Å². The van der Waals surface area contributed by atoms with Crippen LogP contribution in [-0.4, -0.2) is 15.0 Å². The maximum Gasteiger partial charge on any atom is 0.178 e. The van der Waals surface area contributed by atoms with Crippen LogP contribution in [0.4, 0.5) is 0 Å². The number of H-pyrrole nitrogens is 1. The Labute approximate surface area is 110 Å². The molecule has 0 radical (unpaired) electrons. The summed E-state index contributed by atoms with van der Waals surface area (Å²) in [5.74, 6) is 1.33. The highest BCUT2D eigenvalue weighted by Gasteiger charge is 2.06. The average Bonchev–Trinajstić information content (AvgIpc) is 2.81. The number of nitrogens with one attached hydrogen (secondary N) is 1. The summed E-state index contributed by atoms with van der Waals surface area (Å²) in [4.78, 5) is 12.2. The molecule has 4 heteroatoms. The molecule has 0 saturated carbocycles. The van der Waals surface area contributed by atoms with Gasteiger partial charge in [0.05, 0.1) is 5.52 Å². The average molecular weight is 258 g/mol. The van der Waals surface area contributed by atoms with Crippen LogP contribution in [0.3, 0.4) is 0 Å². The maximum atomic E-state index is 5.84. The summed E-state index contributed by atoms with van der Waals surface area (Å²) in [5.41, 5.74) is 4.78. The number of nitrogens with zero attached hydrogens (tertiary/aromatic N) is 2.